The predicted molar refractivity (Wildman–Crippen MR) is 105 cm³/mol. The van der Waals surface area contributed by atoms with Crippen LogP contribution in [0.25, 0.3) is 10.8 Å². The highest BCUT2D eigenvalue weighted by Crippen LogP contribution is 2.31. The quantitative estimate of drug-likeness (QED) is 0.657. The van der Waals surface area contributed by atoms with E-state index >= 15 is 0 Å². The van der Waals surface area contributed by atoms with Crippen molar-refractivity contribution in [1.82, 2.24) is 4.90 Å². The zero-order chi connectivity index (χ0) is 17.6. The van der Waals surface area contributed by atoms with Gasteiger partial charge in [0.1, 0.15) is 12.4 Å². The zero-order valence-electron chi connectivity index (χ0n) is 15.2. The number of halogens is 1. The number of hydrogen-bond acceptors (Lipinski definition) is 3. The molecule has 2 atom stereocenters. The maximum atomic E-state index is 6.24. The van der Waals surface area contributed by atoms with E-state index in [1.54, 1.807) is 0 Å². The molecular weight excluding hydrogens is 334 g/mol. The highest BCUT2D eigenvalue weighted by Gasteiger charge is 2.21. The minimum absolute atomic E-state index is 0.554. The van der Waals surface area contributed by atoms with Crippen LogP contribution in [0.1, 0.15) is 20.3 Å². The van der Waals surface area contributed by atoms with Gasteiger partial charge in [0, 0.05) is 35.4 Å². The predicted octanol–water partition coefficient (Wildman–Crippen LogP) is 4.87. The molecule has 2 aromatic carbocycles. The van der Waals surface area contributed by atoms with Gasteiger partial charge in [-0.1, -0.05) is 49.7 Å². The first kappa shape index (κ1) is 18.5. The fourth-order valence-electron chi connectivity index (χ4n) is 3.84. The van der Waals surface area contributed by atoms with Crippen LogP contribution in [0.4, 0.5) is 0 Å². The Balaban J connectivity index is 1.40. The lowest BCUT2D eigenvalue weighted by molar-refractivity contribution is 0.0597. The number of rotatable bonds is 7. The zero-order valence-corrected chi connectivity index (χ0v) is 16.0. The normalized spacial score (nSPS) is 21.6. The van der Waals surface area contributed by atoms with Crippen LogP contribution in [0, 0.1) is 11.8 Å². The van der Waals surface area contributed by atoms with Gasteiger partial charge in [0.2, 0.25) is 0 Å². The molecule has 1 fully saturated rings. The van der Waals surface area contributed by atoms with E-state index < -0.39 is 0 Å². The maximum Gasteiger partial charge on any atom is 0.127 e. The van der Waals surface area contributed by atoms with Crippen LogP contribution in [-0.2, 0) is 4.74 Å². The van der Waals surface area contributed by atoms with E-state index in [2.05, 4.69) is 18.7 Å². The molecule has 3 rings (SSSR count). The van der Waals surface area contributed by atoms with Gasteiger partial charge in [-0.05, 0) is 30.4 Å². The molecule has 1 aliphatic heterocycles. The summed E-state index contributed by atoms with van der Waals surface area (Å²) >= 11 is 6.24. The summed E-state index contributed by atoms with van der Waals surface area (Å²) in [7, 11) is 0. The Bertz CT molecular complexity index is 681. The molecule has 2 aromatic rings. The van der Waals surface area contributed by atoms with Crippen molar-refractivity contribution in [3.8, 4) is 5.75 Å². The van der Waals surface area contributed by atoms with Gasteiger partial charge in [-0.3, -0.25) is 0 Å². The largest absolute Gasteiger partial charge is 0.491 e. The van der Waals surface area contributed by atoms with Crippen molar-refractivity contribution in [3.63, 3.8) is 0 Å². The van der Waals surface area contributed by atoms with Crippen molar-refractivity contribution in [1.29, 1.82) is 0 Å². The highest BCUT2D eigenvalue weighted by atomic mass is 35.5. The van der Waals surface area contributed by atoms with Crippen LogP contribution in [-0.4, -0.2) is 44.4 Å². The Morgan fingerprint density at radius 2 is 1.68 bits per heavy atom. The third-order valence-corrected chi connectivity index (χ3v) is 5.14. The fourth-order valence-corrected chi connectivity index (χ4v) is 4.07. The van der Waals surface area contributed by atoms with E-state index in [-0.39, 0.29) is 0 Å². The molecule has 0 radical (unpaired) electrons. The van der Waals surface area contributed by atoms with Crippen LogP contribution >= 0.6 is 11.6 Å². The standard InChI is InChI=1S/C21H28ClNO2/c1-16-13-17(2)15-23(14-16)9-10-24-11-12-25-21-8-7-20(22)18-5-3-4-6-19(18)21/h3-8,16-17H,9-15H2,1-2H3/t16-,17+. The lowest BCUT2D eigenvalue weighted by atomic mass is 9.92. The summed E-state index contributed by atoms with van der Waals surface area (Å²) in [6.07, 6.45) is 1.35. The smallest absolute Gasteiger partial charge is 0.127 e. The molecule has 136 valence electrons. The Hall–Kier alpha value is -1.29. The van der Waals surface area contributed by atoms with Crippen molar-refractivity contribution < 1.29 is 9.47 Å². The summed E-state index contributed by atoms with van der Waals surface area (Å²) in [5.41, 5.74) is 0. The van der Waals surface area contributed by atoms with E-state index in [4.69, 9.17) is 21.1 Å². The van der Waals surface area contributed by atoms with E-state index in [0.717, 1.165) is 46.5 Å². The molecule has 0 unspecified atom stereocenters. The van der Waals surface area contributed by atoms with Crippen molar-refractivity contribution in [2.45, 2.75) is 20.3 Å². The van der Waals surface area contributed by atoms with E-state index in [1.807, 2.05) is 36.4 Å². The Morgan fingerprint density at radius 1 is 0.960 bits per heavy atom. The number of piperidine rings is 1. The van der Waals surface area contributed by atoms with Crippen molar-refractivity contribution in [2.75, 3.05) is 39.5 Å². The average Bonchev–Trinajstić information content (AvgIpc) is 2.59. The molecule has 0 aromatic heterocycles. The molecule has 4 heteroatoms. The first-order chi connectivity index (χ1) is 12.1. The fraction of sp³-hybridized carbons (Fsp3) is 0.524. The van der Waals surface area contributed by atoms with Gasteiger partial charge >= 0.3 is 0 Å². The first-order valence-electron chi connectivity index (χ1n) is 9.23. The number of ether oxygens (including phenoxy) is 2. The number of likely N-dealkylation sites (tertiary alicyclic amines) is 1. The summed E-state index contributed by atoms with van der Waals surface area (Å²) in [6, 6.07) is 11.9. The van der Waals surface area contributed by atoms with Crippen molar-refractivity contribution in [3.05, 3.63) is 41.4 Å². The maximum absolute atomic E-state index is 6.24. The molecule has 0 bridgehead atoms. The molecule has 0 amide bonds. The van der Waals surface area contributed by atoms with Crippen LogP contribution in [0.3, 0.4) is 0 Å². The van der Waals surface area contributed by atoms with Crippen LogP contribution in [0.5, 0.6) is 5.75 Å². The second-order valence-corrected chi connectivity index (χ2v) is 7.66. The summed E-state index contributed by atoms with van der Waals surface area (Å²) in [5.74, 6) is 2.46. The van der Waals surface area contributed by atoms with Crippen molar-refractivity contribution in [2.24, 2.45) is 11.8 Å². The minimum Gasteiger partial charge on any atom is -0.491 e. The molecule has 0 saturated carbocycles. The molecule has 25 heavy (non-hydrogen) atoms. The van der Waals surface area contributed by atoms with Gasteiger partial charge in [0.15, 0.2) is 0 Å². The van der Waals surface area contributed by atoms with Crippen LogP contribution < -0.4 is 4.74 Å². The van der Waals surface area contributed by atoms with Gasteiger partial charge in [-0.25, -0.2) is 0 Å². The lowest BCUT2D eigenvalue weighted by Crippen LogP contribution is -2.40. The topological polar surface area (TPSA) is 21.7 Å². The van der Waals surface area contributed by atoms with Crippen LogP contribution in [0.15, 0.2) is 36.4 Å². The van der Waals surface area contributed by atoms with Crippen LogP contribution in [0.2, 0.25) is 5.02 Å². The summed E-state index contributed by atoms with van der Waals surface area (Å²) < 4.78 is 11.7. The number of hydrogen-bond donors (Lipinski definition) is 0. The molecule has 1 saturated heterocycles. The average molecular weight is 362 g/mol. The monoisotopic (exact) mass is 361 g/mol. The van der Waals surface area contributed by atoms with Gasteiger partial charge in [-0.15, -0.1) is 0 Å². The number of fused-ring (bicyclic) bond motifs is 1. The SMILES string of the molecule is C[C@@H]1C[C@H](C)CN(CCOCCOc2ccc(Cl)c3ccccc23)C1. The minimum atomic E-state index is 0.554. The van der Waals surface area contributed by atoms with Gasteiger partial charge in [0.25, 0.3) is 0 Å². The molecule has 1 heterocycles. The van der Waals surface area contributed by atoms with Gasteiger partial charge < -0.3 is 14.4 Å². The highest BCUT2D eigenvalue weighted by molar-refractivity contribution is 6.35. The summed E-state index contributed by atoms with van der Waals surface area (Å²) in [4.78, 5) is 2.52. The lowest BCUT2D eigenvalue weighted by Gasteiger charge is -2.34. The Labute approximate surface area is 155 Å². The molecule has 0 N–H and O–H groups in total. The number of nitrogens with zero attached hydrogens (tertiary/aromatic N) is 1. The second-order valence-electron chi connectivity index (χ2n) is 7.26. The third kappa shape index (κ3) is 5.10. The number of benzene rings is 2. The van der Waals surface area contributed by atoms with E-state index in [1.165, 1.54) is 19.5 Å². The molecule has 0 aliphatic carbocycles. The Morgan fingerprint density at radius 3 is 2.44 bits per heavy atom. The summed E-state index contributed by atoms with van der Waals surface area (Å²) in [5, 5.41) is 2.83. The second kappa shape index (κ2) is 8.88. The van der Waals surface area contributed by atoms with Crippen molar-refractivity contribution >= 4 is 22.4 Å². The third-order valence-electron chi connectivity index (χ3n) is 4.81. The molecular formula is C21H28ClNO2. The molecule has 0 spiro atoms. The van der Waals surface area contributed by atoms with Gasteiger partial charge in [0.05, 0.1) is 13.2 Å². The summed E-state index contributed by atoms with van der Waals surface area (Å²) in [6.45, 7) is 10.0. The first-order valence-corrected chi connectivity index (χ1v) is 9.61. The van der Waals surface area contributed by atoms with E-state index in [0.29, 0.717) is 13.2 Å². The Kier molecular flexibility index (Phi) is 6.57. The van der Waals surface area contributed by atoms with Gasteiger partial charge in [-0.2, -0.15) is 0 Å². The molecule has 3 nitrogen and oxygen atoms in total. The molecule has 1 aliphatic rings. The van der Waals surface area contributed by atoms with E-state index in [9.17, 15) is 0 Å².